The Labute approximate surface area is 128 Å². The molecule has 0 spiro atoms. The van der Waals surface area contributed by atoms with Gasteiger partial charge in [0.15, 0.2) is 0 Å². The fourth-order valence-electron chi connectivity index (χ4n) is 2.75. The second-order valence-electron chi connectivity index (χ2n) is 5.43. The molecule has 110 valence electrons. The van der Waals surface area contributed by atoms with Gasteiger partial charge in [0.2, 0.25) is 0 Å². The van der Waals surface area contributed by atoms with Crippen LogP contribution < -0.4 is 5.73 Å². The van der Waals surface area contributed by atoms with E-state index >= 15 is 0 Å². The third-order valence-electron chi connectivity index (χ3n) is 3.85. The van der Waals surface area contributed by atoms with E-state index in [1.165, 1.54) is 0 Å². The van der Waals surface area contributed by atoms with E-state index in [1.54, 1.807) is 12.3 Å². The minimum Gasteiger partial charge on any atom is -0.334 e. The van der Waals surface area contributed by atoms with Gasteiger partial charge in [0, 0.05) is 29.3 Å². The van der Waals surface area contributed by atoms with Crippen molar-refractivity contribution in [1.82, 2.24) is 9.88 Å². The molecule has 1 aromatic heterocycles. The molecular formula is C15H22BrN3O. The molecule has 1 heterocycles. The first-order chi connectivity index (χ1) is 9.61. The second kappa shape index (κ2) is 7.18. The first-order valence-corrected chi connectivity index (χ1v) is 8.09. The van der Waals surface area contributed by atoms with Crippen LogP contribution in [-0.2, 0) is 0 Å². The number of hydrogen-bond acceptors (Lipinski definition) is 3. The summed E-state index contributed by atoms with van der Waals surface area (Å²) < 4.78 is 0.889. The maximum Gasteiger partial charge on any atom is 0.272 e. The summed E-state index contributed by atoms with van der Waals surface area (Å²) in [6, 6.07) is 4.26. The number of aromatic nitrogens is 1. The van der Waals surface area contributed by atoms with Crippen LogP contribution in [0.1, 0.15) is 49.5 Å². The third-order valence-corrected chi connectivity index (χ3v) is 4.32. The number of carbonyl (C=O) groups excluding carboxylic acids is 1. The van der Waals surface area contributed by atoms with Gasteiger partial charge in [-0.1, -0.05) is 6.92 Å². The van der Waals surface area contributed by atoms with Gasteiger partial charge in [-0.3, -0.25) is 4.79 Å². The van der Waals surface area contributed by atoms with E-state index in [1.807, 2.05) is 11.0 Å². The maximum atomic E-state index is 12.6. The highest BCUT2D eigenvalue weighted by Crippen LogP contribution is 2.23. The van der Waals surface area contributed by atoms with Crippen LogP contribution in [0.15, 0.2) is 22.8 Å². The van der Waals surface area contributed by atoms with Crippen molar-refractivity contribution in [3.63, 3.8) is 0 Å². The van der Waals surface area contributed by atoms with Gasteiger partial charge in [0.05, 0.1) is 0 Å². The van der Waals surface area contributed by atoms with Gasteiger partial charge < -0.3 is 10.6 Å². The highest BCUT2D eigenvalue weighted by atomic mass is 79.9. The zero-order valence-electron chi connectivity index (χ0n) is 11.9. The molecule has 1 saturated carbocycles. The van der Waals surface area contributed by atoms with E-state index in [0.717, 1.165) is 43.1 Å². The minimum atomic E-state index is 0.0415. The quantitative estimate of drug-likeness (QED) is 0.917. The van der Waals surface area contributed by atoms with Crippen LogP contribution in [0.2, 0.25) is 0 Å². The Morgan fingerprint density at radius 2 is 2.10 bits per heavy atom. The molecular weight excluding hydrogens is 318 g/mol. The summed E-state index contributed by atoms with van der Waals surface area (Å²) >= 11 is 3.34. The van der Waals surface area contributed by atoms with Crippen molar-refractivity contribution in [1.29, 1.82) is 0 Å². The van der Waals surface area contributed by atoms with E-state index in [0.29, 0.717) is 17.8 Å². The molecule has 5 heteroatoms. The van der Waals surface area contributed by atoms with Crippen LogP contribution >= 0.6 is 15.9 Å². The van der Waals surface area contributed by atoms with E-state index in [9.17, 15) is 4.79 Å². The molecule has 2 rings (SSSR count). The van der Waals surface area contributed by atoms with E-state index in [4.69, 9.17) is 5.73 Å². The van der Waals surface area contributed by atoms with E-state index in [2.05, 4.69) is 27.8 Å². The van der Waals surface area contributed by atoms with Crippen LogP contribution in [0.3, 0.4) is 0 Å². The predicted molar refractivity (Wildman–Crippen MR) is 83.5 cm³/mol. The SMILES string of the molecule is CCCN(C(=O)c1ccc(Br)cn1)C1CCC(N)CC1. The first kappa shape index (κ1) is 15.4. The fourth-order valence-corrected chi connectivity index (χ4v) is 2.99. The topological polar surface area (TPSA) is 59.2 Å². The summed E-state index contributed by atoms with van der Waals surface area (Å²) in [5.41, 5.74) is 6.48. The standard InChI is InChI=1S/C15H22BrN3O/c1-2-9-19(13-6-4-12(17)5-7-13)15(20)14-8-3-11(16)10-18-14/h3,8,10,12-13H,2,4-7,9,17H2,1H3. The van der Waals surface area contributed by atoms with Gasteiger partial charge in [-0.2, -0.15) is 0 Å². The number of carbonyl (C=O) groups is 1. The average molecular weight is 340 g/mol. The van der Waals surface area contributed by atoms with Gasteiger partial charge in [-0.05, 0) is 60.2 Å². The highest BCUT2D eigenvalue weighted by Gasteiger charge is 2.28. The smallest absolute Gasteiger partial charge is 0.272 e. The lowest BCUT2D eigenvalue weighted by atomic mass is 9.90. The summed E-state index contributed by atoms with van der Waals surface area (Å²) in [4.78, 5) is 18.9. The Morgan fingerprint density at radius 3 is 2.65 bits per heavy atom. The molecule has 0 saturated heterocycles. The molecule has 0 atom stereocenters. The molecule has 20 heavy (non-hydrogen) atoms. The van der Waals surface area contributed by atoms with Gasteiger partial charge in [0.25, 0.3) is 5.91 Å². The Bertz CT molecular complexity index is 441. The summed E-state index contributed by atoms with van der Waals surface area (Å²) in [6.07, 6.45) is 6.66. The van der Waals surface area contributed by atoms with Gasteiger partial charge in [-0.15, -0.1) is 0 Å². The fraction of sp³-hybridized carbons (Fsp3) is 0.600. The lowest BCUT2D eigenvalue weighted by Gasteiger charge is -2.35. The Kier molecular flexibility index (Phi) is 5.54. The van der Waals surface area contributed by atoms with Crippen molar-refractivity contribution in [3.05, 3.63) is 28.5 Å². The molecule has 0 radical (unpaired) electrons. The number of amides is 1. The number of halogens is 1. The number of pyridine rings is 1. The Hall–Kier alpha value is -0.940. The van der Waals surface area contributed by atoms with Crippen molar-refractivity contribution in [2.45, 2.75) is 51.1 Å². The highest BCUT2D eigenvalue weighted by molar-refractivity contribution is 9.10. The summed E-state index contributed by atoms with van der Waals surface area (Å²) in [6.45, 7) is 2.89. The monoisotopic (exact) mass is 339 g/mol. The molecule has 1 aliphatic carbocycles. The molecule has 1 aromatic rings. The number of nitrogens with two attached hydrogens (primary N) is 1. The molecule has 1 amide bonds. The molecule has 0 aliphatic heterocycles. The molecule has 4 nitrogen and oxygen atoms in total. The zero-order valence-corrected chi connectivity index (χ0v) is 13.5. The van der Waals surface area contributed by atoms with Crippen LogP contribution in [0.25, 0.3) is 0 Å². The maximum absolute atomic E-state index is 12.6. The lowest BCUT2D eigenvalue weighted by Crippen LogP contribution is -2.44. The van der Waals surface area contributed by atoms with Crippen molar-refractivity contribution in [2.75, 3.05) is 6.54 Å². The van der Waals surface area contributed by atoms with E-state index in [-0.39, 0.29) is 5.91 Å². The third kappa shape index (κ3) is 3.79. The van der Waals surface area contributed by atoms with Crippen LogP contribution in [0, 0.1) is 0 Å². The summed E-state index contributed by atoms with van der Waals surface area (Å²) in [7, 11) is 0. The first-order valence-electron chi connectivity index (χ1n) is 7.30. The molecule has 0 unspecified atom stereocenters. The Morgan fingerprint density at radius 1 is 1.40 bits per heavy atom. The Balaban J connectivity index is 2.11. The number of hydrogen-bond donors (Lipinski definition) is 1. The van der Waals surface area contributed by atoms with Crippen molar-refractivity contribution < 1.29 is 4.79 Å². The summed E-state index contributed by atoms with van der Waals surface area (Å²) in [5.74, 6) is 0.0415. The van der Waals surface area contributed by atoms with Crippen molar-refractivity contribution in [2.24, 2.45) is 5.73 Å². The average Bonchev–Trinajstić information content (AvgIpc) is 2.46. The molecule has 1 fully saturated rings. The molecule has 1 aliphatic rings. The number of nitrogens with zero attached hydrogens (tertiary/aromatic N) is 2. The lowest BCUT2D eigenvalue weighted by molar-refractivity contribution is 0.0620. The molecule has 0 aromatic carbocycles. The van der Waals surface area contributed by atoms with Crippen LogP contribution in [0.5, 0.6) is 0 Å². The summed E-state index contributed by atoms with van der Waals surface area (Å²) in [5, 5.41) is 0. The predicted octanol–water partition coefficient (Wildman–Crippen LogP) is 2.97. The van der Waals surface area contributed by atoms with Crippen molar-refractivity contribution in [3.8, 4) is 0 Å². The largest absolute Gasteiger partial charge is 0.334 e. The van der Waals surface area contributed by atoms with Crippen molar-refractivity contribution >= 4 is 21.8 Å². The van der Waals surface area contributed by atoms with E-state index < -0.39 is 0 Å². The molecule has 2 N–H and O–H groups in total. The van der Waals surface area contributed by atoms with Crippen LogP contribution in [-0.4, -0.2) is 34.4 Å². The second-order valence-corrected chi connectivity index (χ2v) is 6.34. The minimum absolute atomic E-state index is 0.0415. The van der Waals surface area contributed by atoms with Gasteiger partial charge >= 0.3 is 0 Å². The zero-order chi connectivity index (χ0) is 14.5. The normalized spacial score (nSPS) is 22.6. The van der Waals surface area contributed by atoms with Gasteiger partial charge in [0.1, 0.15) is 5.69 Å². The van der Waals surface area contributed by atoms with Gasteiger partial charge in [-0.25, -0.2) is 4.98 Å². The number of rotatable bonds is 4. The molecule has 0 bridgehead atoms. The van der Waals surface area contributed by atoms with Crippen LogP contribution in [0.4, 0.5) is 0 Å².